The van der Waals surface area contributed by atoms with E-state index in [0.29, 0.717) is 30.5 Å². The van der Waals surface area contributed by atoms with Crippen molar-refractivity contribution in [3.63, 3.8) is 0 Å². The van der Waals surface area contributed by atoms with Crippen molar-refractivity contribution in [2.45, 2.75) is 120 Å². The van der Waals surface area contributed by atoms with Crippen molar-refractivity contribution in [3.05, 3.63) is 77.9 Å². The summed E-state index contributed by atoms with van der Waals surface area (Å²) in [6.45, 7) is 1.70. The molecule has 28 heteroatoms. The number of fused-ring (bicyclic) bond motifs is 1. The SMILES string of the molecule is CC(=O)N[C@@H](CCCN=C(N)N)C(=O)N[C@@H](CCCN=C(N)N)C(=O)N[C@@H](Cc1ccc2ccccc2c1)C(=O)N[C@@H](CS)C(=O)N[C@@H](Cc1ccc(O)cc1)C(=O)N[C@@H](CCCNC(N)=O)C(=O)N[C@@H](CCCCN)C(=O)O. The van der Waals surface area contributed by atoms with Gasteiger partial charge in [0.2, 0.25) is 41.4 Å². The molecule has 0 radical (unpaired) electrons. The molecule has 0 aliphatic heterocycles. The van der Waals surface area contributed by atoms with Gasteiger partial charge in [0.05, 0.1) is 0 Å². The number of primary amides is 1. The number of benzene rings is 3. The summed E-state index contributed by atoms with van der Waals surface area (Å²) in [6.07, 6.45) is 0.976. The molecule has 3 aromatic rings. The molecule has 7 atom stereocenters. The van der Waals surface area contributed by atoms with Gasteiger partial charge in [-0.2, -0.15) is 12.6 Å². The third-order valence-corrected chi connectivity index (χ3v) is 12.5. The number of phenolic OH excluding ortho intramolecular Hbond substituents is 1. The number of carbonyl (C=O) groups is 9. The van der Waals surface area contributed by atoms with Gasteiger partial charge in [-0.25, -0.2) is 9.59 Å². The minimum atomic E-state index is -1.49. The zero-order chi connectivity index (χ0) is 58.4. The van der Waals surface area contributed by atoms with Crippen molar-refractivity contribution >= 4 is 88.7 Å². The van der Waals surface area contributed by atoms with Crippen molar-refractivity contribution in [1.29, 1.82) is 0 Å². The van der Waals surface area contributed by atoms with Gasteiger partial charge in [0.15, 0.2) is 11.9 Å². The fraction of sp³-hybridized carbons (Fsp3) is 0.471. The number of urea groups is 1. The number of thiol groups is 1. The molecule has 0 heterocycles. The molecule has 27 nitrogen and oxygen atoms in total. The first-order chi connectivity index (χ1) is 37.6. The summed E-state index contributed by atoms with van der Waals surface area (Å²) >= 11 is 4.37. The van der Waals surface area contributed by atoms with Crippen LogP contribution in [0.1, 0.15) is 75.8 Å². The molecule has 0 saturated carbocycles. The van der Waals surface area contributed by atoms with Crippen LogP contribution in [0.4, 0.5) is 4.79 Å². The highest BCUT2D eigenvalue weighted by atomic mass is 32.1. The number of unbranched alkanes of at least 4 members (excludes halogenated alkanes) is 1. The average Bonchev–Trinajstić information content (AvgIpc) is 3.40. The molecule has 0 aromatic heterocycles. The smallest absolute Gasteiger partial charge is 0.326 e. The van der Waals surface area contributed by atoms with Crippen LogP contribution in [0.15, 0.2) is 76.7 Å². The van der Waals surface area contributed by atoms with Crippen LogP contribution in [0.5, 0.6) is 5.75 Å². The maximum atomic E-state index is 14.6. The topological polar surface area (TPSA) is 471 Å². The molecule has 0 saturated heterocycles. The predicted octanol–water partition coefficient (Wildman–Crippen LogP) is -2.56. The lowest BCUT2D eigenvalue weighted by molar-refractivity contribution is -0.142. The summed E-state index contributed by atoms with van der Waals surface area (Å²) in [6, 6.07) is 8.06. The first kappa shape index (κ1) is 64.9. The molecule has 79 heavy (non-hydrogen) atoms. The fourth-order valence-electron chi connectivity index (χ4n) is 8.04. The van der Waals surface area contributed by atoms with Gasteiger partial charge in [-0.05, 0) is 98.4 Å². The largest absolute Gasteiger partial charge is 0.508 e. The molecule has 22 N–H and O–H groups in total. The van der Waals surface area contributed by atoms with Crippen LogP contribution in [-0.2, 0) is 51.2 Å². The van der Waals surface area contributed by atoms with E-state index in [1.807, 2.05) is 36.4 Å². The van der Waals surface area contributed by atoms with Crippen LogP contribution in [0.2, 0.25) is 0 Å². The zero-order valence-electron chi connectivity index (χ0n) is 44.1. The Morgan fingerprint density at radius 1 is 0.519 bits per heavy atom. The summed E-state index contributed by atoms with van der Waals surface area (Å²) in [5, 5.41) is 42.3. The second-order valence-electron chi connectivity index (χ2n) is 18.5. The molecule has 3 rings (SSSR count). The van der Waals surface area contributed by atoms with Gasteiger partial charge < -0.3 is 87.1 Å². The summed E-state index contributed by atoms with van der Waals surface area (Å²) in [4.78, 5) is 129. The monoisotopic (exact) mass is 1120 g/mol. The van der Waals surface area contributed by atoms with Gasteiger partial charge in [0, 0.05) is 45.2 Å². The van der Waals surface area contributed by atoms with Crippen molar-refractivity contribution in [2.75, 3.05) is 31.9 Å². The van der Waals surface area contributed by atoms with E-state index >= 15 is 0 Å². The van der Waals surface area contributed by atoms with Crippen molar-refractivity contribution in [2.24, 2.45) is 44.4 Å². The van der Waals surface area contributed by atoms with E-state index in [1.165, 1.54) is 31.2 Å². The number of carboxylic acid groups (broad SMARTS) is 1. The first-order valence-corrected chi connectivity index (χ1v) is 26.3. The summed E-state index contributed by atoms with van der Waals surface area (Å²) in [7, 11) is 0. The van der Waals surface area contributed by atoms with Crippen molar-refractivity contribution < 1.29 is 53.4 Å². The number of carbonyl (C=O) groups excluding carboxylic acids is 8. The van der Waals surface area contributed by atoms with Gasteiger partial charge in [-0.1, -0.05) is 54.6 Å². The molecule has 0 aliphatic carbocycles. The van der Waals surface area contributed by atoms with E-state index in [4.69, 9.17) is 34.4 Å². The Kier molecular flexibility index (Phi) is 28.2. The van der Waals surface area contributed by atoms with Crippen molar-refractivity contribution in [1.82, 2.24) is 42.5 Å². The van der Waals surface area contributed by atoms with Crippen molar-refractivity contribution in [3.8, 4) is 5.75 Å². The number of nitrogens with zero attached hydrogens (tertiary/aromatic N) is 2. The number of hydrogen-bond donors (Lipinski definition) is 17. The number of rotatable bonds is 35. The van der Waals surface area contributed by atoms with Crippen LogP contribution in [0.25, 0.3) is 10.8 Å². The third kappa shape index (κ3) is 24.6. The van der Waals surface area contributed by atoms with E-state index in [0.717, 1.165) is 10.8 Å². The van der Waals surface area contributed by atoms with Gasteiger partial charge in [-0.15, -0.1) is 0 Å². The lowest BCUT2D eigenvalue weighted by Crippen LogP contribution is -2.61. The van der Waals surface area contributed by atoms with Crippen LogP contribution >= 0.6 is 12.6 Å². The highest BCUT2D eigenvalue weighted by Gasteiger charge is 2.34. The Bertz CT molecular complexity index is 2600. The number of aliphatic carboxylic acids is 1. The van der Waals surface area contributed by atoms with E-state index in [1.54, 1.807) is 6.07 Å². The number of hydrogen-bond acceptors (Lipinski definition) is 14. The number of phenols is 1. The second kappa shape index (κ2) is 34.4. The molecule has 9 amide bonds. The summed E-state index contributed by atoms with van der Waals surface area (Å²) in [5.41, 5.74) is 33.8. The normalized spacial score (nSPS) is 13.5. The Morgan fingerprint density at radius 2 is 0.949 bits per heavy atom. The van der Waals surface area contributed by atoms with Gasteiger partial charge in [-0.3, -0.25) is 43.5 Å². The van der Waals surface area contributed by atoms with Crippen LogP contribution in [0, 0.1) is 0 Å². The van der Waals surface area contributed by atoms with E-state index in [9.17, 15) is 53.4 Å². The van der Waals surface area contributed by atoms with Gasteiger partial charge in [0.1, 0.15) is 48.0 Å². The molecule has 0 spiro atoms. The zero-order valence-corrected chi connectivity index (χ0v) is 45.0. The van der Waals surface area contributed by atoms with Crippen LogP contribution in [-0.4, -0.2) is 150 Å². The maximum absolute atomic E-state index is 14.6. The lowest BCUT2D eigenvalue weighted by atomic mass is 10.00. The minimum absolute atomic E-state index is 0.0102. The third-order valence-electron chi connectivity index (χ3n) is 12.1. The molecule has 0 bridgehead atoms. The number of aromatic hydroxyl groups is 1. The maximum Gasteiger partial charge on any atom is 0.326 e. The Hall–Kier alpha value is -8.40. The highest BCUT2D eigenvalue weighted by Crippen LogP contribution is 2.18. The van der Waals surface area contributed by atoms with Gasteiger partial charge in [0.25, 0.3) is 0 Å². The second-order valence-corrected chi connectivity index (χ2v) is 18.9. The minimum Gasteiger partial charge on any atom is -0.508 e. The molecular formula is C51H76N16O11S. The Balaban J connectivity index is 2.00. The summed E-state index contributed by atoms with van der Waals surface area (Å²) < 4.78 is 0. The average molecular weight is 1120 g/mol. The summed E-state index contributed by atoms with van der Waals surface area (Å²) in [5.74, 6) is -7.82. The number of carboxylic acids is 1. The molecule has 432 valence electrons. The molecule has 0 unspecified atom stereocenters. The Morgan fingerprint density at radius 3 is 1.44 bits per heavy atom. The first-order valence-electron chi connectivity index (χ1n) is 25.6. The van der Waals surface area contributed by atoms with Gasteiger partial charge >= 0.3 is 12.0 Å². The fourth-order valence-corrected chi connectivity index (χ4v) is 8.30. The Labute approximate surface area is 462 Å². The molecular weight excluding hydrogens is 1040 g/mol. The number of aliphatic imine (C=N–C) groups is 2. The number of amides is 9. The lowest BCUT2D eigenvalue weighted by Gasteiger charge is -2.28. The number of guanidine groups is 2. The predicted molar refractivity (Wildman–Crippen MR) is 300 cm³/mol. The van der Waals surface area contributed by atoms with Crippen LogP contribution < -0.4 is 76.9 Å². The number of nitrogens with two attached hydrogens (primary N) is 6. The molecule has 0 fully saturated rings. The quantitative estimate of drug-likeness (QED) is 0.0125. The molecule has 0 aliphatic rings. The highest BCUT2D eigenvalue weighted by molar-refractivity contribution is 7.80. The van der Waals surface area contributed by atoms with E-state index in [-0.39, 0.29) is 101 Å². The standard InChI is InChI=1S/C51H76N16O11S/c1-29(68)61-35(12-6-22-58-49(53)54)42(70)62-37(13-7-23-59-50(55)56)44(72)65-40(27-31-15-18-32-9-2-3-10-33(32)25-31)46(74)67-41(28-79)47(75)66-39(26-30-16-19-34(69)20-17-30)45(73)63-36(14-8-24-60-51(57)78)43(71)64-38(48(76)77)11-4-5-21-52/h2-3,9-10,15-20,25,35-41,69,79H,4-8,11-14,21-24,26-28,52H2,1H3,(H,61,68)(H,62,70)(H,63,73)(H,64,71)(H,65,72)(H,66,75)(H,67,74)(H,76,77)(H4,53,54,58)(H4,55,56,59)(H3,57,60,78)/t35-,36-,37-,38-,39-,40-,41-/m0/s1. The number of nitrogens with one attached hydrogen (secondary N) is 8. The van der Waals surface area contributed by atoms with E-state index in [2.05, 4.69) is 65.1 Å². The molecule has 3 aromatic carbocycles. The van der Waals surface area contributed by atoms with Crippen LogP contribution in [0.3, 0.4) is 0 Å². The van der Waals surface area contributed by atoms with E-state index < -0.39 is 95.6 Å².